The highest BCUT2D eigenvalue weighted by molar-refractivity contribution is 7.22. The number of anilines is 1. The second-order valence-corrected chi connectivity index (χ2v) is 6.95. The van der Waals surface area contributed by atoms with Gasteiger partial charge in [0, 0.05) is 29.7 Å². The van der Waals surface area contributed by atoms with Gasteiger partial charge in [-0.25, -0.2) is 9.78 Å². The Morgan fingerprint density at radius 1 is 1.25 bits per heavy atom. The van der Waals surface area contributed by atoms with Crippen molar-refractivity contribution in [3.63, 3.8) is 0 Å². The number of thiazole rings is 1. The minimum absolute atomic E-state index is 0.0548. The van der Waals surface area contributed by atoms with Crippen LogP contribution in [0.5, 0.6) is 5.75 Å². The third-order valence-electron chi connectivity index (χ3n) is 3.99. The lowest BCUT2D eigenvalue weighted by atomic mass is 10.1. The molecule has 2 N–H and O–H groups in total. The number of aromatic hydroxyl groups is 1. The van der Waals surface area contributed by atoms with Crippen molar-refractivity contribution < 1.29 is 19.2 Å². The fourth-order valence-electron chi connectivity index (χ4n) is 2.78. The number of rotatable bonds is 4. The number of benzene rings is 2. The van der Waals surface area contributed by atoms with Gasteiger partial charge in [-0.3, -0.25) is 14.9 Å². The van der Waals surface area contributed by atoms with E-state index in [0.29, 0.717) is 26.3 Å². The van der Waals surface area contributed by atoms with Crippen LogP contribution in [-0.2, 0) is 11.2 Å². The molecule has 4 rings (SSSR count). The van der Waals surface area contributed by atoms with Gasteiger partial charge in [-0.1, -0.05) is 11.3 Å². The van der Waals surface area contributed by atoms with Crippen molar-refractivity contribution in [1.82, 2.24) is 4.98 Å². The molecule has 9 nitrogen and oxygen atoms in total. The van der Waals surface area contributed by atoms with E-state index >= 15 is 0 Å². The van der Waals surface area contributed by atoms with Crippen molar-refractivity contribution in [1.29, 1.82) is 0 Å². The van der Waals surface area contributed by atoms with E-state index in [9.17, 15) is 24.8 Å². The monoisotopic (exact) mass is 397 g/mol. The van der Waals surface area contributed by atoms with Crippen LogP contribution in [0.25, 0.3) is 21.2 Å². The maximum absolute atomic E-state index is 12.4. The fourth-order valence-corrected chi connectivity index (χ4v) is 3.70. The molecule has 0 aliphatic carbocycles. The first-order valence-electron chi connectivity index (χ1n) is 7.99. The standard InChI is InChI=1S/C18H11N3O6S/c22-11-2-3-12-9(6-17(24)27-14(12)8-11)5-16(23)20-18-19-13-4-1-10(21(25)26)7-15(13)28-18/h1-4,6-8,22H,5H2,(H,19,20,23). The van der Waals surface area contributed by atoms with Gasteiger partial charge in [-0.2, -0.15) is 0 Å². The molecular formula is C18H11N3O6S. The molecule has 2 aromatic carbocycles. The molecule has 10 heteroatoms. The average molecular weight is 397 g/mol. The summed E-state index contributed by atoms with van der Waals surface area (Å²) < 4.78 is 5.62. The first-order valence-corrected chi connectivity index (χ1v) is 8.81. The zero-order valence-corrected chi connectivity index (χ0v) is 14.9. The summed E-state index contributed by atoms with van der Waals surface area (Å²) in [5, 5.41) is 23.9. The third-order valence-corrected chi connectivity index (χ3v) is 4.93. The van der Waals surface area contributed by atoms with Crippen molar-refractivity contribution in [3.8, 4) is 5.75 Å². The molecule has 140 valence electrons. The molecule has 28 heavy (non-hydrogen) atoms. The van der Waals surface area contributed by atoms with Gasteiger partial charge >= 0.3 is 5.63 Å². The number of carbonyl (C=O) groups is 1. The van der Waals surface area contributed by atoms with Gasteiger partial charge in [0.1, 0.15) is 11.3 Å². The second kappa shape index (κ2) is 6.74. The Morgan fingerprint density at radius 3 is 2.86 bits per heavy atom. The maximum atomic E-state index is 12.4. The molecular weight excluding hydrogens is 386 g/mol. The number of hydrogen-bond acceptors (Lipinski definition) is 8. The maximum Gasteiger partial charge on any atom is 0.336 e. The number of phenols is 1. The summed E-state index contributed by atoms with van der Waals surface area (Å²) >= 11 is 1.12. The van der Waals surface area contributed by atoms with Gasteiger partial charge < -0.3 is 14.8 Å². The summed E-state index contributed by atoms with van der Waals surface area (Å²) in [5.41, 5.74) is 0.475. The highest BCUT2D eigenvalue weighted by Crippen LogP contribution is 2.29. The van der Waals surface area contributed by atoms with E-state index < -0.39 is 16.5 Å². The number of non-ortho nitro benzene ring substituents is 1. The molecule has 4 aromatic rings. The number of amides is 1. The predicted octanol–water partition coefficient (Wildman–Crippen LogP) is 3.20. The minimum Gasteiger partial charge on any atom is -0.508 e. The van der Waals surface area contributed by atoms with Crippen LogP contribution in [-0.4, -0.2) is 20.9 Å². The van der Waals surface area contributed by atoms with Crippen LogP contribution in [0.3, 0.4) is 0 Å². The molecule has 0 unspecified atom stereocenters. The Bertz CT molecular complexity index is 1310. The SMILES string of the molecule is O=C(Cc1cc(=O)oc2cc(O)ccc12)Nc1nc2ccc([N+](=O)[O-])cc2s1. The number of nitro benzene ring substituents is 1. The fraction of sp³-hybridized carbons (Fsp3) is 0.0556. The van der Waals surface area contributed by atoms with Gasteiger partial charge in [0.05, 0.1) is 21.6 Å². The molecule has 2 heterocycles. The quantitative estimate of drug-likeness (QED) is 0.307. The number of nitrogens with one attached hydrogen (secondary N) is 1. The molecule has 0 atom stereocenters. The lowest BCUT2D eigenvalue weighted by Gasteiger charge is -2.05. The molecule has 1 amide bonds. The largest absolute Gasteiger partial charge is 0.508 e. The first kappa shape index (κ1) is 17.6. The topological polar surface area (TPSA) is 136 Å². The van der Waals surface area contributed by atoms with Crippen molar-refractivity contribution >= 4 is 49.2 Å². The second-order valence-electron chi connectivity index (χ2n) is 5.92. The number of aromatic nitrogens is 1. The van der Waals surface area contributed by atoms with Gasteiger partial charge in [0.25, 0.3) is 5.69 Å². The van der Waals surface area contributed by atoms with E-state index in [2.05, 4.69) is 10.3 Å². The summed E-state index contributed by atoms with van der Waals surface area (Å²) in [6.07, 6.45) is -0.108. The van der Waals surface area contributed by atoms with Crippen LogP contribution in [0.1, 0.15) is 5.56 Å². The lowest BCUT2D eigenvalue weighted by molar-refractivity contribution is -0.384. The summed E-state index contributed by atoms with van der Waals surface area (Å²) in [6.45, 7) is 0. The number of nitrogens with zero attached hydrogens (tertiary/aromatic N) is 2. The van der Waals surface area contributed by atoms with Crippen LogP contribution in [0, 0.1) is 10.1 Å². The molecule has 0 saturated carbocycles. The zero-order valence-electron chi connectivity index (χ0n) is 14.0. The highest BCUT2D eigenvalue weighted by Gasteiger charge is 2.14. The van der Waals surface area contributed by atoms with Crippen LogP contribution < -0.4 is 10.9 Å². The summed E-state index contributed by atoms with van der Waals surface area (Å²) in [6, 6.07) is 9.78. The number of phenolic OH excluding ortho intramolecular Hbond substituents is 1. The number of nitro groups is 1. The molecule has 0 bridgehead atoms. The molecule has 0 radical (unpaired) electrons. The van der Waals surface area contributed by atoms with Crippen LogP contribution in [0.4, 0.5) is 10.8 Å². The summed E-state index contributed by atoms with van der Waals surface area (Å²) in [4.78, 5) is 38.7. The molecule has 0 aliphatic heterocycles. The van der Waals surface area contributed by atoms with E-state index in [1.165, 1.54) is 36.4 Å². The zero-order chi connectivity index (χ0) is 19.8. The Morgan fingerprint density at radius 2 is 2.07 bits per heavy atom. The molecule has 0 saturated heterocycles. The first-order chi connectivity index (χ1) is 13.4. The van der Waals surface area contributed by atoms with E-state index in [0.717, 1.165) is 11.3 Å². The normalized spacial score (nSPS) is 11.0. The van der Waals surface area contributed by atoms with E-state index in [1.807, 2.05) is 0 Å². The van der Waals surface area contributed by atoms with Crippen molar-refractivity contribution in [3.05, 3.63) is 68.6 Å². The van der Waals surface area contributed by atoms with Crippen LogP contribution in [0.2, 0.25) is 0 Å². The van der Waals surface area contributed by atoms with Gasteiger partial charge in [-0.05, 0) is 23.8 Å². The molecule has 2 aromatic heterocycles. The summed E-state index contributed by atoms with van der Waals surface area (Å²) in [5.74, 6) is -0.464. The Hall–Kier alpha value is -3.79. The van der Waals surface area contributed by atoms with Crippen molar-refractivity contribution in [2.45, 2.75) is 6.42 Å². The third kappa shape index (κ3) is 3.40. The van der Waals surface area contributed by atoms with Crippen LogP contribution in [0.15, 0.2) is 51.7 Å². The number of fused-ring (bicyclic) bond motifs is 2. The van der Waals surface area contributed by atoms with E-state index in [4.69, 9.17) is 4.42 Å². The van der Waals surface area contributed by atoms with Crippen molar-refractivity contribution in [2.75, 3.05) is 5.32 Å². The van der Waals surface area contributed by atoms with Gasteiger partial charge in [-0.15, -0.1) is 0 Å². The highest BCUT2D eigenvalue weighted by atomic mass is 32.1. The molecule has 0 spiro atoms. The number of carbonyl (C=O) groups excluding carboxylic acids is 1. The van der Waals surface area contributed by atoms with Crippen molar-refractivity contribution in [2.24, 2.45) is 0 Å². The summed E-state index contributed by atoms with van der Waals surface area (Å²) in [7, 11) is 0. The molecule has 0 fully saturated rings. The minimum atomic E-state index is -0.631. The number of hydrogen-bond donors (Lipinski definition) is 2. The Kier molecular flexibility index (Phi) is 4.24. The van der Waals surface area contributed by atoms with E-state index in [-0.39, 0.29) is 23.4 Å². The lowest BCUT2D eigenvalue weighted by Crippen LogP contribution is -2.15. The predicted molar refractivity (Wildman–Crippen MR) is 103 cm³/mol. The molecule has 0 aliphatic rings. The Labute approximate surface area is 160 Å². The Balaban J connectivity index is 1.60. The van der Waals surface area contributed by atoms with Gasteiger partial charge in [0.2, 0.25) is 5.91 Å². The van der Waals surface area contributed by atoms with E-state index in [1.54, 1.807) is 6.07 Å². The smallest absolute Gasteiger partial charge is 0.336 e. The van der Waals surface area contributed by atoms with Gasteiger partial charge in [0.15, 0.2) is 5.13 Å². The average Bonchev–Trinajstić information content (AvgIpc) is 3.02. The van der Waals surface area contributed by atoms with Crippen LogP contribution >= 0.6 is 11.3 Å².